The van der Waals surface area contributed by atoms with Crippen LogP contribution >= 0.6 is 0 Å². The van der Waals surface area contributed by atoms with E-state index in [1.165, 1.54) is 34.2 Å². The van der Waals surface area contributed by atoms with Crippen molar-refractivity contribution in [2.24, 2.45) is 4.99 Å². The van der Waals surface area contributed by atoms with Crippen molar-refractivity contribution in [3.8, 4) is 0 Å². The number of methoxy groups -OCH3 is 1. The van der Waals surface area contributed by atoms with E-state index in [0.717, 1.165) is 0 Å². The second kappa shape index (κ2) is 11.3. The number of imidazole rings is 1. The van der Waals surface area contributed by atoms with Crippen LogP contribution in [0.4, 0.5) is 5.82 Å². The van der Waals surface area contributed by atoms with Gasteiger partial charge in [0.25, 0.3) is 0 Å². The van der Waals surface area contributed by atoms with Gasteiger partial charge in [0.2, 0.25) is 5.70 Å². The topological polar surface area (TPSA) is 148 Å². The first-order chi connectivity index (χ1) is 18.2. The number of carbonyl (C=O) groups excluding carboxylic acids is 4. The number of esters is 4. The second-order valence-corrected chi connectivity index (χ2v) is 8.47. The molecule has 0 spiro atoms. The van der Waals surface area contributed by atoms with E-state index in [1.54, 1.807) is 39.9 Å². The molecule has 2 aliphatic rings. The van der Waals surface area contributed by atoms with Gasteiger partial charge in [-0.05, 0) is 12.1 Å². The molecule has 0 N–H and O–H groups in total. The van der Waals surface area contributed by atoms with Gasteiger partial charge < -0.3 is 23.7 Å². The lowest BCUT2D eigenvalue weighted by Gasteiger charge is -2.24. The lowest BCUT2D eigenvalue weighted by molar-refractivity contribution is -0.579. The number of pyridine rings is 1. The zero-order chi connectivity index (χ0) is 27.4. The van der Waals surface area contributed by atoms with Gasteiger partial charge in [0.15, 0.2) is 42.3 Å². The van der Waals surface area contributed by atoms with E-state index in [-0.39, 0.29) is 6.61 Å². The van der Waals surface area contributed by atoms with Crippen molar-refractivity contribution in [1.29, 1.82) is 0 Å². The lowest BCUT2D eigenvalue weighted by Crippen LogP contribution is -2.40. The first kappa shape index (κ1) is 26.7. The first-order valence-corrected chi connectivity index (χ1v) is 11.7. The molecule has 0 amide bonds. The largest absolute Gasteiger partial charge is 0.465 e. The average Bonchev–Trinajstić information content (AvgIpc) is 3.35. The van der Waals surface area contributed by atoms with Crippen LogP contribution in [0.2, 0.25) is 0 Å². The van der Waals surface area contributed by atoms with E-state index >= 15 is 0 Å². The fourth-order valence-corrected chi connectivity index (χ4v) is 4.26. The molecule has 4 rings (SSSR count). The molecule has 13 heteroatoms. The molecule has 4 heterocycles. The molecule has 13 nitrogen and oxygen atoms in total. The van der Waals surface area contributed by atoms with E-state index in [0.29, 0.717) is 29.2 Å². The zero-order valence-corrected chi connectivity index (χ0v) is 21.2. The number of hydrogen-bond acceptors (Lipinski definition) is 11. The molecule has 4 atom stereocenters. The highest BCUT2D eigenvalue weighted by Gasteiger charge is 2.51. The van der Waals surface area contributed by atoms with E-state index in [4.69, 9.17) is 23.7 Å². The maximum atomic E-state index is 12.1. The lowest BCUT2D eigenvalue weighted by atomic mass is 10.1. The summed E-state index contributed by atoms with van der Waals surface area (Å²) < 4.78 is 30.3. The summed E-state index contributed by atoms with van der Waals surface area (Å²) in [6, 6.07) is 3.33. The molecule has 2 aliphatic heterocycles. The van der Waals surface area contributed by atoms with Crippen LogP contribution in [-0.2, 0) is 38.1 Å². The molecule has 1 saturated heterocycles. The van der Waals surface area contributed by atoms with Crippen molar-refractivity contribution >= 4 is 41.6 Å². The van der Waals surface area contributed by atoms with Crippen LogP contribution in [0.15, 0.2) is 41.9 Å². The number of nitrogens with zero attached hydrogens (tertiary/aromatic N) is 4. The summed E-state index contributed by atoms with van der Waals surface area (Å²) in [7, 11) is 1.30. The van der Waals surface area contributed by atoms with Crippen molar-refractivity contribution in [3.05, 3.63) is 48.2 Å². The summed E-state index contributed by atoms with van der Waals surface area (Å²) >= 11 is 0. The second-order valence-electron chi connectivity index (χ2n) is 8.47. The van der Waals surface area contributed by atoms with Crippen LogP contribution in [0.3, 0.4) is 0 Å². The highest BCUT2D eigenvalue weighted by atomic mass is 16.7. The van der Waals surface area contributed by atoms with Gasteiger partial charge in [0.05, 0.1) is 13.4 Å². The van der Waals surface area contributed by atoms with Crippen LogP contribution in [0.5, 0.6) is 0 Å². The van der Waals surface area contributed by atoms with Gasteiger partial charge in [-0.2, -0.15) is 4.57 Å². The number of carbonyl (C=O) groups is 4. The monoisotopic (exact) mass is 527 g/mol. The van der Waals surface area contributed by atoms with Gasteiger partial charge in [0, 0.05) is 39.5 Å². The fourth-order valence-electron chi connectivity index (χ4n) is 4.26. The third kappa shape index (κ3) is 5.62. The van der Waals surface area contributed by atoms with Crippen LogP contribution in [0.1, 0.15) is 49.5 Å². The number of rotatable bonds is 7. The van der Waals surface area contributed by atoms with Crippen LogP contribution < -0.4 is 4.57 Å². The third-order valence-electron chi connectivity index (χ3n) is 5.75. The Morgan fingerprint density at radius 2 is 1.84 bits per heavy atom. The Balaban J connectivity index is 1.75. The Kier molecular flexibility index (Phi) is 7.96. The Morgan fingerprint density at radius 1 is 1.11 bits per heavy atom. The molecular weight excluding hydrogens is 500 g/mol. The van der Waals surface area contributed by atoms with Crippen molar-refractivity contribution in [1.82, 2.24) is 9.55 Å². The molecule has 0 aliphatic carbocycles. The van der Waals surface area contributed by atoms with Crippen LogP contribution in [0, 0.1) is 0 Å². The molecule has 200 valence electrons. The van der Waals surface area contributed by atoms with Gasteiger partial charge in [-0.1, -0.05) is 0 Å². The Hall–Kier alpha value is -4.39. The minimum Gasteiger partial charge on any atom is -0.465 e. The molecule has 2 aromatic rings. The number of hydrogen-bond donors (Lipinski definition) is 0. The predicted octanol–water partition coefficient (Wildman–Crippen LogP) is 1.28. The number of aliphatic imine (C=N–C) groups is 1. The summed E-state index contributed by atoms with van der Waals surface area (Å²) in [5, 5.41) is 0. The molecule has 38 heavy (non-hydrogen) atoms. The number of ether oxygens (including phenoxy) is 5. The first-order valence-electron chi connectivity index (χ1n) is 11.7. The number of allylic oxidation sites excluding steroid dienone is 1. The van der Waals surface area contributed by atoms with Gasteiger partial charge in [-0.3, -0.25) is 19.0 Å². The SMILES string of the molecule is COC(=O)c1ccc[n+](C2=CCC=Nc3c2ncn3C2OC(COC(C)=O)C(OC(C)=O)C2OC(C)=O)c1. The van der Waals surface area contributed by atoms with Crippen LogP contribution in [0.25, 0.3) is 5.70 Å². The van der Waals surface area contributed by atoms with E-state index < -0.39 is 48.4 Å². The molecule has 0 saturated carbocycles. The molecular formula is C25H27N4O9+. The smallest absolute Gasteiger partial charge is 0.343 e. The Morgan fingerprint density at radius 3 is 2.53 bits per heavy atom. The maximum absolute atomic E-state index is 12.1. The van der Waals surface area contributed by atoms with Crippen molar-refractivity contribution in [2.45, 2.75) is 51.7 Å². The third-order valence-corrected chi connectivity index (χ3v) is 5.75. The summed E-state index contributed by atoms with van der Waals surface area (Å²) in [6.45, 7) is 3.44. The minimum atomic E-state index is -1.09. The predicted molar refractivity (Wildman–Crippen MR) is 128 cm³/mol. The van der Waals surface area contributed by atoms with Gasteiger partial charge in [-0.15, -0.1) is 0 Å². The van der Waals surface area contributed by atoms with Crippen molar-refractivity contribution in [2.75, 3.05) is 13.7 Å². The van der Waals surface area contributed by atoms with E-state index in [9.17, 15) is 19.2 Å². The zero-order valence-electron chi connectivity index (χ0n) is 21.2. The highest BCUT2D eigenvalue weighted by molar-refractivity contribution is 5.88. The van der Waals surface area contributed by atoms with Crippen molar-refractivity contribution in [3.63, 3.8) is 0 Å². The summed E-state index contributed by atoms with van der Waals surface area (Å²) in [4.78, 5) is 56.5. The fraction of sp³-hybridized carbons (Fsp3) is 0.400. The van der Waals surface area contributed by atoms with Crippen molar-refractivity contribution < 1.29 is 47.4 Å². The van der Waals surface area contributed by atoms with Gasteiger partial charge >= 0.3 is 23.9 Å². The molecule has 0 radical (unpaired) electrons. The number of aromatic nitrogens is 3. The van der Waals surface area contributed by atoms with E-state index in [2.05, 4.69) is 9.98 Å². The van der Waals surface area contributed by atoms with Gasteiger partial charge in [0.1, 0.15) is 18.3 Å². The molecule has 2 aromatic heterocycles. The normalized spacial score (nSPS) is 22.1. The summed E-state index contributed by atoms with van der Waals surface area (Å²) in [6.07, 6.45) is 4.77. The molecule has 0 bridgehead atoms. The Bertz CT molecular complexity index is 1320. The van der Waals surface area contributed by atoms with Crippen LogP contribution in [-0.4, -0.2) is 71.7 Å². The molecule has 1 fully saturated rings. The highest BCUT2D eigenvalue weighted by Crippen LogP contribution is 2.39. The summed E-state index contributed by atoms with van der Waals surface area (Å²) in [5.41, 5.74) is 1.44. The van der Waals surface area contributed by atoms with Gasteiger partial charge in [-0.25, -0.2) is 14.8 Å². The molecule has 0 aromatic carbocycles. The summed E-state index contributed by atoms with van der Waals surface area (Å²) in [5.74, 6) is -1.92. The average molecular weight is 528 g/mol. The minimum absolute atomic E-state index is 0.233. The quantitative estimate of drug-likeness (QED) is 0.293. The number of fused-ring (bicyclic) bond motifs is 1. The standard InChI is InChI=1S/C25H27N4O9/c1-14(30)35-12-19-21(36-15(2)31)22(37-16(3)32)24(38-19)29-13-27-20-18(8-5-9-26-23(20)29)28-10-6-7-17(11-28)25(33)34-4/h6-11,13,19,21-22,24H,5,12H2,1-4H3/q+1. The Labute approximate surface area is 217 Å². The molecule has 4 unspecified atom stereocenters. The maximum Gasteiger partial charge on any atom is 0.343 e. The van der Waals surface area contributed by atoms with E-state index in [1.807, 2.05) is 6.08 Å².